The first-order valence-corrected chi connectivity index (χ1v) is 6.26. The van der Waals surface area contributed by atoms with Crippen molar-refractivity contribution in [1.29, 1.82) is 0 Å². The second kappa shape index (κ2) is 4.90. The molecule has 0 aliphatic rings. The van der Waals surface area contributed by atoms with Crippen LogP contribution in [0.25, 0.3) is 0 Å². The lowest BCUT2D eigenvalue weighted by Gasteiger charge is -2.11. The Balaban J connectivity index is 2.38. The molecule has 0 aliphatic heterocycles. The van der Waals surface area contributed by atoms with Crippen LogP contribution in [-0.4, -0.2) is 9.36 Å². The lowest BCUT2D eigenvalue weighted by atomic mass is 10.1. The van der Waals surface area contributed by atoms with Crippen molar-refractivity contribution in [2.24, 2.45) is 5.73 Å². The average Bonchev–Trinajstić information content (AvgIpc) is 2.73. The molecule has 1 aromatic carbocycles. The van der Waals surface area contributed by atoms with Gasteiger partial charge in [0.25, 0.3) is 0 Å². The van der Waals surface area contributed by atoms with Crippen LogP contribution in [0.15, 0.2) is 33.8 Å². The summed E-state index contributed by atoms with van der Waals surface area (Å²) in [5.74, 6) is -0.269. The number of aromatic nitrogens is 2. The number of rotatable bonds is 3. The van der Waals surface area contributed by atoms with Crippen LogP contribution in [0.1, 0.15) is 18.5 Å². The molecule has 0 saturated carbocycles. The Morgan fingerprint density at radius 2 is 2.31 bits per heavy atom. The van der Waals surface area contributed by atoms with E-state index >= 15 is 0 Å². The fraction of sp³-hybridized carbons (Fsp3) is 0.200. The lowest BCUT2D eigenvalue weighted by molar-refractivity contribution is 0.591. The Hall–Kier alpha value is -0.980. The molecule has 0 radical (unpaired) electrons. The molecule has 2 N–H and O–H groups in total. The van der Waals surface area contributed by atoms with Crippen LogP contribution in [0, 0.1) is 5.82 Å². The molecule has 0 amide bonds. The minimum absolute atomic E-state index is 0.203. The molecular formula is C10H10FN3S2. The summed E-state index contributed by atoms with van der Waals surface area (Å²) in [4.78, 5) is 4.55. The van der Waals surface area contributed by atoms with Crippen molar-refractivity contribution >= 4 is 23.3 Å². The van der Waals surface area contributed by atoms with Crippen LogP contribution >= 0.6 is 23.3 Å². The topological polar surface area (TPSA) is 51.8 Å². The quantitative estimate of drug-likeness (QED) is 0.916. The fourth-order valence-electron chi connectivity index (χ4n) is 1.29. The molecule has 0 bridgehead atoms. The third-order valence-corrected chi connectivity index (χ3v) is 3.87. The van der Waals surface area contributed by atoms with Crippen molar-refractivity contribution in [3.63, 3.8) is 0 Å². The molecule has 0 aliphatic carbocycles. The van der Waals surface area contributed by atoms with E-state index in [-0.39, 0.29) is 11.9 Å². The molecule has 3 nitrogen and oxygen atoms in total. The van der Waals surface area contributed by atoms with E-state index in [1.165, 1.54) is 35.7 Å². The Kier molecular flexibility index (Phi) is 3.52. The summed E-state index contributed by atoms with van der Waals surface area (Å²) in [6.07, 6.45) is 1.46. The summed E-state index contributed by atoms with van der Waals surface area (Å²) in [5, 5.41) is 0. The van der Waals surface area contributed by atoms with E-state index in [0.717, 1.165) is 5.56 Å². The van der Waals surface area contributed by atoms with Crippen molar-refractivity contribution in [2.75, 3.05) is 0 Å². The first-order valence-electron chi connectivity index (χ1n) is 4.67. The SMILES string of the molecule is C[C@@H](N)c1cccc(F)c1Sc1ncns1. The van der Waals surface area contributed by atoms with Gasteiger partial charge in [0.1, 0.15) is 12.1 Å². The molecule has 2 aromatic rings. The molecule has 0 spiro atoms. The first kappa shape index (κ1) is 11.5. The molecule has 0 fully saturated rings. The van der Waals surface area contributed by atoms with Crippen LogP contribution in [0.3, 0.4) is 0 Å². The average molecular weight is 255 g/mol. The number of hydrogen-bond donors (Lipinski definition) is 1. The first-order chi connectivity index (χ1) is 7.68. The molecule has 84 valence electrons. The van der Waals surface area contributed by atoms with Crippen LogP contribution in [0.2, 0.25) is 0 Å². The minimum atomic E-state index is -0.269. The highest BCUT2D eigenvalue weighted by molar-refractivity contribution is 8.01. The predicted octanol–water partition coefficient (Wildman–Crippen LogP) is 2.85. The van der Waals surface area contributed by atoms with Crippen molar-refractivity contribution in [3.05, 3.63) is 35.9 Å². The predicted molar refractivity (Wildman–Crippen MR) is 63.0 cm³/mol. The van der Waals surface area contributed by atoms with Crippen molar-refractivity contribution in [1.82, 2.24) is 9.36 Å². The molecule has 1 atom stereocenters. The summed E-state index contributed by atoms with van der Waals surface area (Å²) in [6, 6.07) is 4.72. The summed E-state index contributed by atoms with van der Waals surface area (Å²) in [5.41, 5.74) is 6.59. The van der Waals surface area contributed by atoms with E-state index in [0.29, 0.717) is 9.24 Å². The number of halogens is 1. The van der Waals surface area contributed by atoms with Crippen molar-refractivity contribution in [3.8, 4) is 0 Å². The fourth-order valence-corrected chi connectivity index (χ4v) is 2.91. The van der Waals surface area contributed by atoms with E-state index < -0.39 is 0 Å². The molecule has 0 saturated heterocycles. The highest BCUT2D eigenvalue weighted by atomic mass is 32.2. The summed E-state index contributed by atoms with van der Waals surface area (Å²) in [7, 11) is 0. The zero-order valence-corrected chi connectivity index (χ0v) is 10.2. The third-order valence-electron chi connectivity index (χ3n) is 2.02. The largest absolute Gasteiger partial charge is 0.324 e. The Morgan fingerprint density at radius 3 is 2.94 bits per heavy atom. The second-order valence-corrected chi connectivity index (χ2v) is 5.29. The maximum atomic E-state index is 13.7. The number of hydrogen-bond acceptors (Lipinski definition) is 5. The van der Waals surface area contributed by atoms with Gasteiger partial charge in [-0.1, -0.05) is 23.9 Å². The van der Waals surface area contributed by atoms with Gasteiger partial charge in [0, 0.05) is 6.04 Å². The van der Waals surface area contributed by atoms with E-state index in [1.54, 1.807) is 6.07 Å². The zero-order chi connectivity index (χ0) is 11.5. The lowest BCUT2D eigenvalue weighted by Crippen LogP contribution is -2.07. The molecule has 0 unspecified atom stereocenters. The minimum Gasteiger partial charge on any atom is -0.324 e. The zero-order valence-electron chi connectivity index (χ0n) is 8.55. The Morgan fingerprint density at radius 1 is 1.50 bits per heavy atom. The van der Waals surface area contributed by atoms with Gasteiger partial charge in [0.15, 0.2) is 4.34 Å². The van der Waals surface area contributed by atoms with Crippen LogP contribution in [0.5, 0.6) is 0 Å². The molecule has 2 rings (SSSR count). The van der Waals surface area contributed by atoms with Crippen LogP contribution < -0.4 is 5.73 Å². The van der Waals surface area contributed by atoms with E-state index in [2.05, 4.69) is 9.36 Å². The van der Waals surface area contributed by atoms with Crippen LogP contribution in [-0.2, 0) is 0 Å². The maximum absolute atomic E-state index is 13.7. The van der Waals surface area contributed by atoms with Gasteiger partial charge in [-0.15, -0.1) is 0 Å². The van der Waals surface area contributed by atoms with Gasteiger partial charge in [-0.25, -0.2) is 9.37 Å². The van der Waals surface area contributed by atoms with Gasteiger partial charge >= 0.3 is 0 Å². The highest BCUT2D eigenvalue weighted by Crippen LogP contribution is 2.34. The molecule has 16 heavy (non-hydrogen) atoms. The van der Waals surface area contributed by atoms with Gasteiger partial charge in [-0.05, 0) is 30.1 Å². The molecule has 6 heteroatoms. The Bertz CT molecular complexity index is 471. The number of benzene rings is 1. The van der Waals surface area contributed by atoms with Gasteiger partial charge in [-0.2, -0.15) is 4.37 Å². The molecule has 1 aromatic heterocycles. The Labute approximate surface area is 101 Å². The summed E-state index contributed by atoms with van der Waals surface area (Å²) >= 11 is 2.51. The second-order valence-electron chi connectivity index (χ2n) is 3.26. The smallest absolute Gasteiger partial charge is 0.174 e. The van der Waals surface area contributed by atoms with Gasteiger partial charge in [0.2, 0.25) is 0 Å². The highest BCUT2D eigenvalue weighted by Gasteiger charge is 2.14. The van der Waals surface area contributed by atoms with Gasteiger partial charge < -0.3 is 5.73 Å². The number of nitrogens with zero attached hydrogens (tertiary/aromatic N) is 2. The van der Waals surface area contributed by atoms with Crippen molar-refractivity contribution < 1.29 is 4.39 Å². The monoisotopic (exact) mass is 255 g/mol. The third kappa shape index (κ3) is 2.40. The summed E-state index contributed by atoms with van der Waals surface area (Å²) < 4.78 is 18.3. The number of nitrogens with two attached hydrogens (primary N) is 1. The normalized spacial score (nSPS) is 12.7. The van der Waals surface area contributed by atoms with E-state index in [4.69, 9.17) is 5.73 Å². The standard InChI is InChI=1S/C10H10FN3S2/c1-6(12)7-3-2-4-8(11)9(7)15-10-13-5-14-16-10/h2-6H,12H2,1H3/t6-/m1/s1. The van der Waals surface area contributed by atoms with Gasteiger partial charge in [-0.3, -0.25) is 0 Å². The summed E-state index contributed by atoms with van der Waals surface area (Å²) in [6.45, 7) is 1.83. The van der Waals surface area contributed by atoms with Gasteiger partial charge in [0.05, 0.1) is 4.90 Å². The van der Waals surface area contributed by atoms with Crippen molar-refractivity contribution in [2.45, 2.75) is 22.2 Å². The molecular weight excluding hydrogens is 245 g/mol. The van der Waals surface area contributed by atoms with Crippen LogP contribution in [0.4, 0.5) is 4.39 Å². The van der Waals surface area contributed by atoms with E-state index in [1.807, 2.05) is 13.0 Å². The van der Waals surface area contributed by atoms with E-state index in [9.17, 15) is 4.39 Å². The maximum Gasteiger partial charge on any atom is 0.174 e. The molecule has 1 heterocycles.